The third kappa shape index (κ3) is 5.49. The van der Waals surface area contributed by atoms with Gasteiger partial charge in [0.15, 0.2) is 6.29 Å². The fourth-order valence-electron chi connectivity index (χ4n) is 4.74. The van der Waals surface area contributed by atoms with Crippen LogP contribution in [0.15, 0.2) is 0 Å². The lowest BCUT2D eigenvalue weighted by molar-refractivity contribution is -0.406. The molecule has 0 spiro atoms. The zero-order valence-electron chi connectivity index (χ0n) is 18.2. The van der Waals surface area contributed by atoms with Gasteiger partial charge < -0.3 is 19.7 Å². The summed E-state index contributed by atoms with van der Waals surface area (Å²) in [4.78, 5) is 0. The molecule has 5 unspecified atom stereocenters. The fourth-order valence-corrected chi connectivity index (χ4v) is 4.74. The summed E-state index contributed by atoms with van der Waals surface area (Å²) in [7, 11) is 0. The number of epoxide rings is 1. The van der Waals surface area contributed by atoms with Gasteiger partial charge in [0.05, 0.1) is 6.10 Å². The van der Waals surface area contributed by atoms with Gasteiger partial charge >= 0.3 is 24.7 Å². The smallest absolute Gasteiger partial charge is 0.373 e. The average molecular weight is 544 g/mol. The molecule has 1 saturated carbocycles. The largest absolute Gasteiger partial charge is 0.426 e. The molecular weight excluding hydrogens is 520 g/mol. The molecule has 1 heterocycles. The minimum atomic E-state index is -6.51. The van der Waals surface area contributed by atoms with E-state index < -0.39 is 85.5 Å². The Morgan fingerprint density at radius 1 is 0.743 bits per heavy atom. The van der Waals surface area contributed by atoms with Gasteiger partial charge in [-0.2, -0.15) is 52.7 Å². The highest BCUT2D eigenvalue weighted by molar-refractivity contribution is 5.08. The molecule has 1 saturated heterocycles. The van der Waals surface area contributed by atoms with Gasteiger partial charge in [0.25, 0.3) is 11.2 Å². The SMILES string of the molecule is CCCC(C)C1OC1OC1CC(C(O)(C(F)(F)F)C(F)(F)F)CC(C(O)(C(F)(F)F)C(F)(F)F)C1. The number of hydrogen-bond acceptors (Lipinski definition) is 4. The van der Waals surface area contributed by atoms with E-state index in [1.54, 1.807) is 13.8 Å². The van der Waals surface area contributed by atoms with Gasteiger partial charge in [-0.1, -0.05) is 20.3 Å². The van der Waals surface area contributed by atoms with Crippen molar-refractivity contribution >= 4 is 0 Å². The van der Waals surface area contributed by atoms with Gasteiger partial charge in [0.1, 0.15) is 6.10 Å². The second-order valence-corrected chi connectivity index (χ2v) is 9.12. The molecule has 16 heteroatoms. The van der Waals surface area contributed by atoms with Gasteiger partial charge in [-0.25, -0.2) is 0 Å². The maximum absolute atomic E-state index is 13.4. The summed E-state index contributed by atoms with van der Waals surface area (Å²) >= 11 is 0. The molecule has 0 amide bonds. The van der Waals surface area contributed by atoms with E-state index in [4.69, 9.17) is 9.47 Å². The monoisotopic (exact) mass is 544 g/mol. The Morgan fingerprint density at radius 3 is 1.43 bits per heavy atom. The van der Waals surface area contributed by atoms with Crippen molar-refractivity contribution in [3.05, 3.63) is 0 Å². The van der Waals surface area contributed by atoms with Gasteiger partial charge in [-0.15, -0.1) is 0 Å². The molecule has 2 N–H and O–H groups in total. The van der Waals surface area contributed by atoms with Crippen molar-refractivity contribution in [2.24, 2.45) is 17.8 Å². The van der Waals surface area contributed by atoms with Crippen LogP contribution in [0.1, 0.15) is 46.0 Å². The molecule has 0 bridgehead atoms. The molecule has 0 radical (unpaired) electrons. The Labute approximate surface area is 191 Å². The summed E-state index contributed by atoms with van der Waals surface area (Å²) in [5.74, 6) is -6.72. The molecule has 0 aromatic heterocycles. The Bertz CT molecular complexity index is 655. The maximum Gasteiger partial charge on any atom is 0.426 e. The standard InChI is InChI=1S/C19H24F12O4/c1-3-4-8(2)12-13(35-12)34-11-6-9(14(32,16(20,21)22)17(23,24)25)5-10(7-11)15(33,18(26,27)28)19(29,30)31/h8-13,32-33H,3-7H2,1-2H3. The number of halogens is 12. The van der Waals surface area contributed by atoms with Gasteiger partial charge in [-0.05, 0) is 31.6 Å². The average Bonchev–Trinajstić information content (AvgIpc) is 3.42. The predicted octanol–water partition coefficient (Wildman–Crippen LogP) is 5.66. The number of ether oxygens (including phenoxy) is 2. The first-order chi connectivity index (χ1) is 15.5. The molecule has 2 aliphatic rings. The van der Waals surface area contributed by atoms with E-state index >= 15 is 0 Å². The van der Waals surface area contributed by atoms with Gasteiger partial charge in [0, 0.05) is 11.8 Å². The van der Waals surface area contributed by atoms with Crippen LogP contribution in [-0.2, 0) is 9.47 Å². The van der Waals surface area contributed by atoms with Crippen LogP contribution in [0.4, 0.5) is 52.7 Å². The third-order valence-electron chi connectivity index (χ3n) is 6.69. The van der Waals surface area contributed by atoms with Crippen molar-refractivity contribution in [2.75, 3.05) is 0 Å². The predicted molar refractivity (Wildman–Crippen MR) is 92.6 cm³/mol. The highest BCUT2D eigenvalue weighted by Gasteiger charge is 2.78. The fraction of sp³-hybridized carbons (Fsp3) is 1.00. The molecule has 2 fully saturated rings. The number of hydrogen-bond donors (Lipinski definition) is 2. The van der Waals surface area contributed by atoms with Crippen molar-refractivity contribution in [2.45, 2.75) is 100 Å². The highest BCUT2D eigenvalue weighted by Crippen LogP contribution is 2.58. The van der Waals surface area contributed by atoms with Crippen LogP contribution in [-0.4, -0.2) is 64.6 Å². The first-order valence-corrected chi connectivity index (χ1v) is 10.5. The molecule has 35 heavy (non-hydrogen) atoms. The van der Waals surface area contributed by atoms with Crippen LogP contribution >= 0.6 is 0 Å². The normalized spacial score (nSPS) is 30.3. The summed E-state index contributed by atoms with van der Waals surface area (Å²) in [5.41, 5.74) is -11.3. The summed E-state index contributed by atoms with van der Waals surface area (Å²) in [5, 5.41) is 19.4. The molecule has 1 aliphatic heterocycles. The van der Waals surface area contributed by atoms with Crippen LogP contribution < -0.4 is 0 Å². The van der Waals surface area contributed by atoms with Crippen molar-refractivity contribution < 1.29 is 72.4 Å². The van der Waals surface area contributed by atoms with Crippen LogP contribution in [0.25, 0.3) is 0 Å². The molecule has 4 nitrogen and oxygen atoms in total. The summed E-state index contributed by atoms with van der Waals surface area (Å²) < 4.78 is 171. The molecule has 5 atom stereocenters. The second-order valence-electron chi connectivity index (χ2n) is 9.12. The molecule has 208 valence electrons. The van der Waals surface area contributed by atoms with E-state index in [1.807, 2.05) is 0 Å². The summed E-state index contributed by atoms with van der Waals surface area (Å²) in [6.45, 7) is 3.44. The van der Waals surface area contributed by atoms with Crippen molar-refractivity contribution in [1.29, 1.82) is 0 Å². The van der Waals surface area contributed by atoms with Crippen molar-refractivity contribution in [1.82, 2.24) is 0 Å². The van der Waals surface area contributed by atoms with E-state index in [9.17, 15) is 62.9 Å². The van der Waals surface area contributed by atoms with Crippen LogP contribution in [0, 0.1) is 17.8 Å². The first kappa shape index (κ1) is 30.2. The van der Waals surface area contributed by atoms with E-state index in [0.717, 1.165) is 0 Å². The lowest BCUT2D eigenvalue weighted by Gasteiger charge is -2.48. The van der Waals surface area contributed by atoms with Crippen LogP contribution in [0.2, 0.25) is 0 Å². The molecular formula is C19H24F12O4. The maximum atomic E-state index is 13.4. The third-order valence-corrected chi connectivity index (χ3v) is 6.69. The Hall–Kier alpha value is -1.00. The molecule has 0 aromatic carbocycles. The first-order valence-electron chi connectivity index (χ1n) is 10.5. The Morgan fingerprint density at radius 2 is 1.11 bits per heavy atom. The molecule has 2 rings (SSSR count). The quantitative estimate of drug-likeness (QED) is 0.321. The Kier molecular flexibility index (Phi) is 8.11. The minimum absolute atomic E-state index is 0.232. The lowest BCUT2D eigenvalue weighted by Crippen LogP contribution is -2.67. The van der Waals surface area contributed by atoms with E-state index in [0.29, 0.717) is 12.8 Å². The number of alkyl halides is 12. The van der Waals surface area contributed by atoms with E-state index in [-0.39, 0.29) is 5.92 Å². The summed E-state index contributed by atoms with van der Waals surface area (Å²) in [6.07, 6.45) is -33.7. The van der Waals surface area contributed by atoms with Crippen LogP contribution in [0.5, 0.6) is 0 Å². The number of rotatable bonds is 7. The second kappa shape index (κ2) is 9.39. The van der Waals surface area contributed by atoms with E-state index in [1.165, 1.54) is 0 Å². The lowest BCUT2D eigenvalue weighted by atomic mass is 9.65. The molecule has 0 aromatic rings. The topological polar surface area (TPSA) is 62.2 Å². The summed E-state index contributed by atoms with van der Waals surface area (Å²) in [6, 6.07) is 0. The van der Waals surface area contributed by atoms with E-state index in [2.05, 4.69) is 0 Å². The minimum Gasteiger partial charge on any atom is -0.373 e. The van der Waals surface area contributed by atoms with Crippen molar-refractivity contribution in [3.8, 4) is 0 Å². The van der Waals surface area contributed by atoms with Gasteiger partial charge in [-0.3, -0.25) is 0 Å². The highest BCUT2D eigenvalue weighted by atomic mass is 19.4. The zero-order chi connectivity index (χ0) is 27.4. The number of aliphatic hydroxyl groups is 2. The van der Waals surface area contributed by atoms with Crippen LogP contribution in [0.3, 0.4) is 0 Å². The molecule has 1 aliphatic carbocycles. The zero-order valence-corrected chi connectivity index (χ0v) is 18.2. The Balaban J connectivity index is 2.49. The van der Waals surface area contributed by atoms with Gasteiger partial charge in [0.2, 0.25) is 0 Å². The van der Waals surface area contributed by atoms with Crippen molar-refractivity contribution in [3.63, 3.8) is 0 Å².